The maximum Gasteiger partial charge on any atom is 0.128 e. The molecule has 2 N–H and O–H groups in total. The highest BCUT2D eigenvalue weighted by atomic mass is 16.5. The summed E-state index contributed by atoms with van der Waals surface area (Å²) >= 11 is 0. The number of hydrogen-bond donors (Lipinski definition) is 1. The molecule has 0 saturated heterocycles. The van der Waals surface area contributed by atoms with E-state index in [1.165, 1.54) is 0 Å². The van der Waals surface area contributed by atoms with E-state index in [1.807, 2.05) is 37.1 Å². The molecule has 0 saturated carbocycles. The summed E-state index contributed by atoms with van der Waals surface area (Å²) in [7, 11) is 3.64. The third-order valence-electron chi connectivity index (χ3n) is 2.15. The molecule has 4 nitrogen and oxygen atoms in total. The maximum absolute atomic E-state index is 5.87. The summed E-state index contributed by atoms with van der Waals surface area (Å²) in [6, 6.07) is 5.97. The molecule has 0 amide bonds. The number of hydrogen-bond acceptors (Lipinski definition) is 4. The highest BCUT2D eigenvalue weighted by Gasteiger charge is 2.08. The Bertz CT molecular complexity index is 304. The van der Waals surface area contributed by atoms with Gasteiger partial charge >= 0.3 is 0 Å². The van der Waals surface area contributed by atoms with E-state index in [0.29, 0.717) is 6.61 Å². The molecule has 1 aromatic heterocycles. The molecule has 84 valence electrons. The molecule has 0 spiro atoms. The predicted octanol–water partition coefficient (Wildman–Crippen LogP) is 0.800. The predicted molar refractivity (Wildman–Crippen MR) is 62.1 cm³/mol. The minimum Gasteiger partial charge on any atom is -0.383 e. The largest absolute Gasteiger partial charge is 0.383 e. The average Bonchev–Trinajstić information content (AvgIpc) is 2.18. The number of nitrogens with zero attached hydrogens (tertiary/aromatic N) is 2. The number of aryl methyl sites for hydroxylation is 1. The number of nitrogens with two attached hydrogens (primary N) is 1. The Morgan fingerprint density at radius 2 is 2.27 bits per heavy atom. The van der Waals surface area contributed by atoms with Gasteiger partial charge in [-0.25, -0.2) is 4.98 Å². The van der Waals surface area contributed by atoms with Crippen LogP contribution in [0.25, 0.3) is 0 Å². The van der Waals surface area contributed by atoms with Crippen LogP contribution in [0.1, 0.15) is 5.69 Å². The second-order valence-corrected chi connectivity index (χ2v) is 3.73. The summed E-state index contributed by atoms with van der Waals surface area (Å²) in [4.78, 5) is 6.45. The second kappa shape index (κ2) is 5.68. The maximum atomic E-state index is 5.87. The lowest BCUT2D eigenvalue weighted by Crippen LogP contribution is -2.38. The summed E-state index contributed by atoms with van der Waals surface area (Å²) in [6.07, 6.45) is 0. The number of aromatic nitrogens is 1. The molecule has 0 radical (unpaired) electrons. The van der Waals surface area contributed by atoms with Crippen molar-refractivity contribution in [2.45, 2.75) is 13.0 Å². The molecule has 1 unspecified atom stereocenters. The minimum atomic E-state index is 0.0160. The Morgan fingerprint density at radius 1 is 1.53 bits per heavy atom. The van der Waals surface area contributed by atoms with E-state index in [4.69, 9.17) is 10.5 Å². The van der Waals surface area contributed by atoms with Gasteiger partial charge in [-0.05, 0) is 19.1 Å². The summed E-state index contributed by atoms with van der Waals surface area (Å²) in [5, 5.41) is 0. The second-order valence-electron chi connectivity index (χ2n) is 3.73. The van der Waals surface area contributed by atoms with E-state index >= 15 is 0 Å². The molecule has 0 aromatic carbocycles. The van der Waals surface area contributed by atoms with Crippen molar-refractivity contribution in [3.8, 4) is 0 Å². The number of methoxy groups -OCH3 is 1. The third-order valence-corrected chi connectivity index (χ3v) is 2.15. The van der Waals surface area contributed by atoms with E-state index in [2.05, 4.69) is 4.98 Å². The first kappa shape index (κ1) is 11.9. The van der Waals surface area contributed by atoms with Gasteiger partial charge in [-0.15, -0.1) is 0 Å². The molecule has 1 heterocycles. The smallest absolute Gasteiger partial charge is 0.128 e. The molecule has 0 aliphatic carbocycles. The average molecular weight is 209 g/mol. The van der Waals surface area contributed by atoms with Crippen LogP contribution in [0.5, 0.6) is 0 Å². The van der Waals surface area contributed by atoms with Crippen molar-refractivity contribution in [1.82, 2.24) is 4.98 Å². The van der Waals surface area contributed by atoms with E-state index in [-0.39, 0.29) is 6.04 Å². The van der Waals surface area contributed by atoms with Crippen LogP contribution in [0.15, 0.2) is 18.2 Å². The van der Waals surface area contributed by atoms with Crippen molar-refractivity contribution in [3.63, 3.8) is 0 Å². The van der Waals surface area contributed by atoms with Crippen molar-refractivity contribution in [3.05, 3.63) is 23.9 Å². The molecule has 0 fully saturated rings. The number of pyridine rings is 1. The number of ether oxygens (including phenoxy) is 1. The molecule has 0 aliphatic heterocycles. The lowest BCUT2D eigenvalue weighted by molar-refractivity contribution is 0.181. The lowest BCUT2D eigenvalue weighted by atomic mass is 10.3. The summed E-state index contributed by atoms with van der Waals surface area (Å²) in [5.41, 5.74) is 6.88. The zero-order valence-electron chi connectivity index (χ0n) is 9.60. The molecule has 1 atom stereocenters. The fourth-order valence-electron chi connectivity index (χ4n) is 1.45. The van der Waals surface area contributed by atoms with Crippen LogP contribution in [0, 0.1) is 6.92 Å². The van der Waals surface area contributed by atoms with Gasteiger partial charge in [0.25, 0.3) is 0 Å². The van der Waals surface area contributed by atoms with E-state index in [9.17, 15) is 0 Å². The highest BCUT2D eigenvalue weighted by Crippen LogP contribution is 2.09. The van der Waals surface area contributed by atoms with Gasteiger partial charge in [0.2, 0.25) is 0 Å². The van der Waals surface area contributed by atoms with Crippen molar-refractivity contribution in [2.75, 3.05) is 32.2 Å². The number of anilines is 1. The van der Waals surface area contributed by atoms with Gasteiger partial charge in [-0.3, -0.25) is 0 Å². The first-order chi connectivity index (χ1) is 7.13. The SMILES string of the molecule is COCC(N)CN(C)c1cccc(C)n1. The number of rotatable bonds is 5. The molecule has 15 heavy (non-hydrogen) atoms. The van der Waals surface area contributed by atoms with E-state index in [0.717, 1.165) is 18.1 Å². The van der Waals surface area contributed by atoms with Gasteiger partial charge in [0.1, 0.15) is 5.82 Å². The van der Waals surface area contributed by atoms with Crippen molar-refractivity contribution in [1.29, 1.82) is 0 Å². The Kier molecular flexibility index (Phi) is 4.52. The van der Waals surface area contributed by atoms with Crippen molar-refractivity contribution in [2.24, 2.45) is 5.73 Å². The topological polar surface area (TPSA) is 51.4 Å². The monoisotopic (exact) mass is 209 g/mol. The molecular formula is C11H19N3O. The fourth-order valence-corrected chi connectivity index (χ4v) is 1.45. The molecule has 1 aromatic rings. The zero-order chi connectivity index (χ0) is 11.3. The molecular weight excluding hydrogens is 190 g/mol. The standard InChI is InChI=1S/C11H19N3O/c1-9-5-4-6-11(13-9)14(2)7-10(12)8-15-3/h4-6,10H,7-8,12H2,1-3H3. The fraction of sp³-hybridized carbons (Fsp3) is 0.545. The zero-order valence-corrected chi connectivity index (χ0v) is 9.60. The van der Waals surface area contributed by atoms with Crippen LogP contribution in [0.3, 0.4) is 0 Å². The van der Waals surface area contributed by atoms with Crippen LogP contribution < -0.4 is 10.6 Å². The summed E-state index contributed by atoms with van der Waals surface area (Å²) < 4.78 is 4.99. The van der Waals surface area contributed by atoms with Crippen LogP contribution in [-0.2, 0) is 4.74 Å². The Balaban J connectivity index is 2.56. The van der Waals surface area contributed by atoms with Crippen molar-refractivity contribution < 1.29 is 4.74 Å². The van der Waals surface area contributed by atoms with Gasteiger partial charge in [-0.1, -0.05) is 6.07 Å². The van der Waals surface area contributed by atoms with Crippen LogP contribution >= 0.6 is 0 Å². The van der Waals surface area contributed by atoms with E-state index < -0.39 is 0 Å². The van der Waals surface area contributed by atoms with Gasteiger partial charge in [0.15, 0.2) is 0 Å². The first-order valence-corrected chi connectivity index (χ1v) is 5.03. The Morgan fingerprint density at radius 3 is 2.87 bits per heavy atom. The van der Waals surface area contributed by atoms with Gasteiger partial charge in [-0.2, -0.15) is 0 Å². The lowest BCUT2D eigenvalue weighted by Gasteiger charge is -2.22. The highest BCUT2D eigenvalue weighted by molar-refractivity contribution is 5.38. The van der Waals surface area contributed by atoms with Crippen LogP contribution in [0.2, 0.25) is 0 Å². The van der Waals surface area contributed by atoms with E-state index in [1.54, 1.807) is 7.11 Å². The first-order valence-electron chi connectivity index (χ1n) is 5.03. The molecule has 0 aliphatic rings. The van der Waals surface area contributed by atoms with Crippen LogP contribution in [-0.4, -0.2) is 38.3 Å². The minimum absolute atomic E-state index is 0.0160. The van der Waals surface area contributed by atoms with Crippen LogP contribution in [0.4, 0.5) is 5.82 Å². The Hall–Kier alpha value is -1.13. The quantitative estimate of drug-likeness (QED) is 0.779. The van der Waals surface area contributed by atoms with Gasteiger partial charge in [0.05, 0.1) is 6.61 Å². The Labute approximate surface area is 91.1 Å². The summed E-state index contributed by atoms with van der Waals surface area (Å²) in [5.74, 6) is 0.946. The van der Waals surface area contributed by atoms with Crippen molar-refractivity contribution >= 4 is 5.82 Å². The molecule has 4 heteroatoms. The summed E-state index contributed by atoms with van der Waals surface area (Å²) in [6.45, 7) is 3.28. The van der Waals surface area contributed by atoms with Gasteiger partial charge in [0, 0.05) is 32.4 Å². The molecule has 0 bridgehead atoms. The third kappa shape index (κ3) is 3.85. The normalized spacial score (nSPS) is 12.5. The molecule has 1 rings (SSSR count). The number of likely N-dealkylation sites (N-methyl/N-ethyl adjacent to an activating group) is 1. The van der Waals surface area contributed by atoms with Gasteiger partial charge < -0.3 is 15.4 Å².